The van der Waals surface area contributed by atoms with Crippen LogP contribution in [-0.2, 0) is 10.0 Å². The van der Waals surface area contributed by atoms with Gasteiger partial charge in [0.1, 0.15) is 9.90 Å². The van der Waals surface area contributed by atoms with Crippen LogP contribution in [0.4, 0.5) is 10.8 Å². The monoisotopic (exact) mass is 471 g/mol. The summed E-state index contributed by atoms with van der Waals surface area (Å²) >= 11 is 8.00. The van der Waals surface area contributed by atoms with Gasteiger partial charge >= 0.3 is 0 Å². The van der Waals surface area contributed by atoms with Crippen molar-refractivity contribution in [3.05, 3.63) is 50.3 Å². The summed E-state index contributed by atoms with van der Waals surface area (Å²) in [5, 5.41) is 13.7. The molecule has 13 heteroatoms. The molecular weight excluding hydrogens is 458 g/mol. The maximum atomic E-state index is 12.8. The molecule has 0 aromatic carbocycles. The minimum absolute atomic E-state index is 0.116. The van der Waals surface area contributed by atoms with Crippen LogP contribution in [0.3, 0.4) is 0 Å². The summed E-state index contributed by atoms with van der Waals surface area (Å²) in [5.74, 6) is 0. The van der Waals surface area contributed by atoms with E-state index in [9.17, 15) is 18.5 Å². The summed E-state index contributed by atoms with van der Waals surface area (Å²) in [7, 11) is -3.83. The van der Waals surface area contributed by atoms with Gasteiger partial charge in [-0.2, -0.15) is 4.31 Å². The number of thiophene rings is 1. The van der Waals surface area contributed by atoms with Gasteiger partial charge in [0.05, 0.1) is 10.6 Å². The van der Waals surface area contributed by atoms with Crippen LogP contribution in [0.15, 0.2) is 40.1 Å². The third-order valence-electron chi connectivity index (χ3n) is 4.37. The number of rotatable bonds is 5. The Labute approximate surface area is 179 Å². The summed E-state index contributed by atoms with van der Waals surface area (Å²) in [6.07, 6.45) is 1.71. The number of hydrogen-bond donors (Lipinski definition) is 0. The number of nitro groups is 1. The Balaban J connectivity index is 1.46. The van der Waals surface area contributed by atoms with Crippen molar-refractivity contribution in [1.29, 1.82) is 0 Å². The number of halogens is 1. The average molecular weight is 472 g/mol. The van der Waals surface area contributed by atoms with E-state index in [-0.39, 0.29) is 21.6 Å². The van der Waals surface area contributed by atoms with Crippen molar-refractivity contribution in [2.24, 2.45) is 0 Å². The fourth-order valence-electron chi connectivity index (χ4n) is 2.88. The van der Waals surface area contributed by atoms with Gasteiger partial charge in [0.15, 0.2) is 9.47 Å². The van der Waals surface area contributed by atoms with Gasteiger partial charge in [0, 0.05) is 43.8 Å². The lowest BCUT2D eigenvalue weighted by Gasteiger charge is -2.33. The molecule has 1 aliphatic rings. The van der Waals surface area contributed by atoms with Crippen LogP contribution < -0.4 is 4.90 Å². The molecule has 1 fully saturated rings. The molecule has 0 aliphatic carbocycles. The Hall–Kier alpha value is -2.12. The Bertz CT molecular complexity index is 1140. The lowest BCUT2D eigenvalue weighted by molar-refractivity contribution is -0.384. The van der Waals surface area contributed by atoms with Crippen molar-refractivity contribution in [3.63, 3.8) is 0 Å². The second kappa shape index (κ2) is 7.95. The average Bonchev–Trinajstić information content (AvgIpc) is 3.36. The van der Waals surface area contributed by atoms with E-state index in [0.29, 0.717) is 24.4 Å². The number of thiazole rings is 1. The van der Waals surface area contributed by atoms with E-state index < -0.39 is 20.6 Å². The molecule has 1 saturated heterocycles. The molecule has 0 amide bonds. The second-order valence-corrected chi connectivity index (χ2v) is 10.8. The number of aromatic nitrogens is 2. The van der Waals surface area contributed by atoms with E-state index in [2.05, 4.69) is 9.97 Å². The molecule has 29 heavy (non-hydrogen) atoms. The van der Waals surface area contributed by atoms with Crippen LogP contribution in [-0.4, -0.2) is 53.8 Å². The van der Waals surface area contributed by atoms with Crippen LogP contribution in [0.5, 0.6) is 0 Å². The lowest BCUT2D eigenvalue weighted by atomic mass is 10.3. The highest BCUT2D eigenvalue weighted by molar-refractivity contribution is 7.91. The molecule has 3 aromatic heterocycles. The molecule has 0 unspecified atom stereocenters. The van der Waals surface area contributed by atoms with Crippen LogP contribution in [0.1, 0.15) is 0 Å². The maximum absolute atomic E-state index is 12.8. The van der Waals surface area contributed by atoms with E-state index in [4.69, 9.17) is 11.6 Å². The molecule has 4 rings (SSSR count). The number of sulfonamides is 1. The number of piperazine rings is 1. The first-order valence-corrected chi connectivity index (χ1v) is 11.9. The Morgan fingerprint density at radius 2 is 1.93 bits per heavy atom. The first-order chi connectivity index (χ1) is 13.9. The summed E-state index contributed by atoms with van der Waals surface area (Å²) in [5.41, 5.74) is 1.17. The third-order valence-corrected chi connectivity index (χ3v) is 8.95. The number of pyridine rings is 1. The number of nitrogens with zero attached hydrogens (tertiary/aromatic N) is 5. The fourth-order valence-corrected chi connectivity index (χ4v) is 6.99. The van der Waals surface area contributed by atoms with Gasteiger partial charge in [-0.15, -0.1) is 22.7 Å². The Morgan fingerprint density at radius 1 is 1.17 bits per heavy atom. The maximum Gasteiger partial charge on any atom is 0.300 e. The van der Waals surface area contributed by atoms with Gasteiger partial charge in [-0.05, 0) is 12.1 Å². The van der Waals surface area contributed by atoms with Crippen molar-refractivity contribution in [1.82, 2.24) is 14.3 Å². The van der Waals surface area contributed by atoms with E-state index in [1.165, 1.54) is 15.6 Å². The summed E-state index contributed by atoms with van der Waals surface area (Å²) < 4.78 is 26.7. The highest BCUT2D eigenvalue weighted by Gasteiger charge is 2.33. The summed E-state index contributed by atoms with van der Waals surface area (Å²) in [4.78, 5) is 21.2. The Kier molecular flexibility index (Phi) is 5.53. The quantitative estimate of drug-likeness (QED) is 0.414. The molecule has 9 nitrogen and oxygen atoms in total. The van der Waals surface area contributed by atoms with Crippen LogP contribution in [0, 0.1) is 10.1 Å². The summed E-state index contributed by atoms with van der Waals surface area (Å²) in [6, 6.07) is 6.64. The van der Waals surface area contributed by atoms with Crippen molar-refractivity contribution in [3.8, 4) is 11.4 Å². The third kappa shape index (κ3) is 3.98. The van der Waals surface area contributed by atoms with Gasteiger partial charge in [-0.25, -0.2) is 13.4 Å². The van der Waals surface area contributed by atoms with Gasteiger partial charge < -0.3 is 4.90 Å². The van der Waals surface area contributed by atoms with Crippen LogP contribution in [0.25, 0.3) is 11.4 Å². The van der Waals surface area contributed by atoms with Crippen molar-refractivity contribution in [2.45, 2.75) is 4.21 Å². The van der Waals surface area contributed by atoms with E-state index in [1.54, 1.807) is 6.20 Å². The minimum Gasteiger partial charge on any atom is -0.345 e. The molecule has 4 heterocycles. The molecule has 0 bridgehead atoms. The van der Waals surface area contributed by atoms with Crippen molar-refractivity contribution in [2.75, 3.05) is 31.1 Å². The molecule has 0 N–H and O–H groups in total. The fraction of sp³-hybridized carbons (Fsp3) is 0.250. The van der Waals surface area contributed by atoms with Crippen LogP contribution >= 0.6 is 34.3 Å². The molecule has 152 valence electrons. The van der Waals surface area contributed by atoms with E-state index in [1.807, 2.05) is 28.5 Å². The largest absolute Gasteiger partial charge is 0.345 e. The topological polar surface area (TPSA) is 110 Å². The Morgan fingerprint density at radius 3 is 2.55 bits per heavy atom. The van der Waals surface area contributed by atoms with Gasteiger partial charge in [-0.3, -0.25) is 15.1 Å². The molecule has 1 aliphatic heterocycles. The number of anilines is 1. The second-order valence-electron chi connectivity index (χ2n) is 6.10. The smallest absolute Gasteiger partial charge is 0.300 e. The molecule has 0 atom stereocenters. The standard InChI is InChI=1S/C16H14ClN5O4S3/c17-15-13(22(23)24)9-14(28-15)29(25,26)21-7-5-20(6-8-21)16-19-12(10-27-16)11-3-1-2-4-18-11/h1-4,9-10H,5-8H2. The predicted octanol–water partition coefficient (Wildman–Crippen LogP) is 3.34. The van der Waals surface area contributed by atoms with Crippen molar-refractivity contribution >= 4 is 55.1 Å². The van der Waals surface area contributed by atoms with Gasteiger partial charge in [0.2, 0.25) is 0 Å². The first-order valence-electron chi connectivity index (χ1n) is 8.42. The van der Waals surface area contributed by atoms with Crippen molar-refractivity contribution < 1.29 is 13.3 Å². The minimum atomic E-state index is -3.83. The highest BCUT2D eigenvalue weighted by atomic mass is 35.5. The molecule has 0 saturated carbocycles. The van der Waals surface area contributed by atoms with Gasteiger partial charge in [-0.1, -0.05) is 17.7 Å². The van der Waals surface area contributed by atoms with E-state index >= 15 is 0 Å². The first kappa shape index (κ1) is 20.2. The molecular formula is C16H14ClN5O4S3. The van der Waals surface area contributed by atoms with Gasteiger partial charge in [0.25, 0.3) is 15.7 Å². The van der Waals surface area contributed by atoms with E-state index in [0.717, 1.165) is 22.6 Å². The molecule has 0 radical (unpaired) electrons. The summed E-state index contributed by atoms with van der Waals surface area (Å²) in [6.45, 7) is 1.44. The number of hydrogen-bond acceptors (Lipinski definition) is 9. The van der Waals surface area contributed by atoms with Crippen LogP contribution in [0.2, 0.25) is 4.34 Å². The zero-order valence-electron chi connectivity index (χ0n) is 14.8. The molecule has 0 spiro atoms. The zero-order chi connectivity index (χ0) is 20.6. The molecule has 3 aromatic rings. The SMILES string of the molecule is O=[N+]([O-])c1cc(S(=O)(=O)N2CCN(c3nc(-c4ccccn4)cs3)CC2)sc1Cl. The normalized spacial score (nSPS) is 15.6. The zero-order valence-corrected chi connectivity index (χ0v) is 18.0. The lowest BCUT2D eigenvalue weighted by Crippen LogP contribution is -2.48. The predicted molar refractivity (Wildman–Crippen MR) is 112 cm³/mol. The highest BCUT2D eigenvalue weighted by Crippen LogP contribution is 2.38.